The molecule has 0 spiro atoms. The first-order chi connectivity index (χ1) is 4.20. The van der Waals surface area contributed by atoms with E-state index < -0.39 is 12.2 Å². The summed E-state index contributed by atoms with van der Waals surface area (Å²) < 4.78 is 0. The van der Waals surface area contributed by atoms with Gasteiger partial charge in [-0.15, -0.1) is 0 Å². The lowest BCUT2D eigenvalue weighted by Crippen LogP contribution is -2.30. The summed E-state index contributed by atoms with van der Waals surface area (Å²) >= 11 is 0. The predicted octanol–water partition coefficient (Wildman–Crippen LogP) is -0.205. The van der Waals surface area contributed by atoms with Crippen molar-refractivity contribution in [1.29, 1.82) is 0 Å². The van der Waals surface area contributed by atoms with Crippen molar-refractivity contribution in [2.45, 2.75) is 0 Å². The van der Waals surface area contributed by atoms with Crippen molar-refractivity contribution in [3.8, 4) is 0 Å². The fourth-order valence-electron chi connectivity index (χ4n) is 0.129. The lowest BCUT2D eigenvalue weighted by atomic mass is 11.0. The fourth-order valence-corrected chi connectivity index (χ4v) is 0.129. The van der Waals surface area contributed by atoms with Crippen molar-refractivity contribution in [1.82, 2.24) is 5.32 Å². The van der Waals surface area contributed by atoms with E-state index in [4.69, 9.17) is 10.5 Å². The van der Waals surface area contributed by atoms with E-state index in [1.54, 1.807) is 0 Å². The highest BCUT2D eigenvalue weighted by atomic mass is 17.1. The Balaban J connectivity index is 3.47. The summed E-state index contributed by atoms with van der Waals surface area (Å²) in [7, 11) is 0. The summed E-state index contributed by atoms with van der Waals surface area (Å²) in [6, 6.07) is 0. The van der Waals surface area contributed by atoms with Crippen LogP contribution in [0.5, 0.6) is 0 Å². The maximum absolute atomic E-state index is 9.79. The van der Waals surface area contributed by atoms with Crippen LogP contribution in [0.15, 0.2) is 0 Å². The Kier molecular flexibility index (Phi) is 3.09. The molecule has 0 aromatic heterocycles. The minimum atomic E-state index is -1.44. The lowest BCUT2D eigenvalue weighted by Gasteiger charge is -1.93. The Labute approximate surface area is 48.7 Å². The van der Waals surface area contributed by atoms with Crippen LogP contribution in [0, 0.1) is 0 Å². The number of imide groups is 1. The van der Waals surface area contributed by atoms with Crippen LogP contribution in [0.4, 0.5) is 9.59 Å². The van der Waals surface area contributed by atoms with Gasteiger partial charge in [0.2, 0.25) is 0 Å². The van der Waals surface area contributed by atoms with Crippen LogP contribution >= 0.6 is 0 Å². The first-order valence-electron chi connectivity index (χ1n) is 1.68. The fraction of sp³-hybridized carbons (Fsp3) is 0. The number of rotatable bonds is 0. The molecule has 0 heterocycles. The van der Waals surface area contributed by atoms with Crippen LogP contribution in [0.2, 0.25) is 0 Å². The molecule has 0 rings (SSSR count). The molecule has 0 aliphatic heterocycles. The van der Waals surface area contributed by atoms with Crippen molar-refractivity contribution >= 4 is 12.2 Å². The monoisotopic (exact) mass is 137 g/mol. The van der Waals surface area contributed by atoms with E-state index in [9.17, 15) is 9.59 Å². The van der Waals surface area contributed by atoms with Gasteiger partial charge in [-0.05, 0) is 0 Å². The van der Waals surface area contributed by atoms with Gasteiger partial charge < -0.3 is 0 Å². The van der Waals surface area contributed by atoms with Crippen molar-refractivity contribution < 1.29 is 29.9 Å². The minimum Gasteiger partial charge on any atom is -0.278 e. The summed E-state index contributed by atoms with van der Waals surface area (Å²) in [4.78, 5) is 25.5. The maximum Gasteiger partial charge on any atom is 0.447 e. The largest absolute Gasteiger partial charge is 0.447 e. The molecular formula is C2H3NO6. The normalized spacial score (nSPS) is 7.78. The summed E-state index contributed by atoms with van der Waals surface area (Å²) in [6.07, 6.45) is -2.87. The van der Waals surface area contributed by atoms with Gasteiger partial charge in [0.05, 0.1) is 0 Å². The zero-order valence-corrected chi connectivity index (χ0v) is 4.03. The second kappa shape index (κ2) is 3.64. The van der Waals surface area contributed by atoms with Gasteiger partial charge in [0.1, 0.15) is 0 Å². The molecule has 0 atom stereocenters. The van der Waals surface area contributed by atoms with Gasteiger partial charge in [0.15, 0.2) is 0 Å². The van der Waals surface area contributed by atoms with Gasteiger partial charge in [-0.3, -0.25) is 9.78 Å². The molecule has 0 aromatic rings. The quantitative estimate of drug-likeness (QED) is 0.315. The van der Waals surface area contributed by atoms with Crippen LogP contribution in [-0.2, 0) is 9.78 Å². The Morgan fingerprint density at radius 1 is 1.11 bits per heavy atom. The van der Waals surface area contributed by atoms with Crippen LogP contribution < -0.4 is 5.32 Å². The highest BCUT2D eigenvalue weighted by Crippen LogP contribution is 1.73. The SMILES string of the molecule is O=C(NC(=O)OO)OO. The zero-order chi connectivity index (χ0) is 7.28. The van der Waals surface area contributed by atoms with Gasteiger partial charge in [-0.1, -0.05) is 0 Å². The minimum absolute atomic E-state index is 1.26. The number of carbonyl (C=O) groups is 2. The molecule has 7 heteroatoms. The Hall–Kier alpha value is -1.34. The van der Waals surface area contributed by atoms with Crippen molar-refractivity contribution in [3.63, 3.8) is 0 Å². The third-order valence-corrected chi connectivity index (χ3v) is 0.370. The van der Waals surface area contributed by atoms with E-state index in [0.717, 1.165) is 0 Å². The molecule has 3 N–H and O–H groups in total. The third-order valence-electron chi connectivity index (χ3n) is 0.370. The molecule has 0 aromatic carbocycles. The molecule has 7 nitrogen and oxygen atoms in total. The highest BCUT2D eigenvalue weighted by Gasteiger charge is 2.07. The molecule has 0 aliphatic carbocycles. The Bertz CT molecular complexity index is 106. The molecule has 0 radical (unpaired) electrons. The predicted molar refractivity (Wildman–Crippen MR) is 21.4 cm³/mol. The summed E-state index contributed by atoms with van der Waals surface area (Å²) in [6.45, 7) is 0. The standard InChI is InChI=1S/C2H3NO6/c4-1(8-6)3-2(5)9-7/h6-7H,(H,3,4,5). The summed E-state index contributed by atoms with van der Waals surface area (Å²) in [5, 5.41) is 16.2. The second-order valence-electron chi connectivity index (χ2n) is 0.882. The smallest absolute Gasteiger partial charge is 0.278 e. The number of hydrogen-bond acceptors (Lipinski definition) is 6. The number of hydrogen-bond donors (Lipinski definition) is 3. The van der Waals surface area contributed by atoms with Crippen LogP contribution in [-0.4, -0.2) is 22.7 Å². The molecule has 52 valence electrons. The molecular weight excluding hydrogens is 134 g/mol. The highest BCUT2D eigenvalue weighted by molar-refractivity contribution is 5.86. The molecule has 0 fully saturated rings. The van der Waals surface area contributed by atoms with E-state index in [1.807, 2.05) is 0 Å². The van der Waals surface area contributed by atoms with E-state index >= 15 is 0 Å². The maximum atomic E-state index is 9.79. The van der Waals surface area contributed by atoms with Crippen molar-refractivity contribution in [2.24, 2.45) is 0 Å². The third kappa shape index (κ3) is 3.26. The Morgan fingerprint density at radius 2 is 1.44 bits per heavy atom. The molecule has 0 saturated heterocycles. The van der Waals surface area contributed by atoms with Gasteiger partial charge in [-0.25, -0.2) is 14.9 Å². The van der Waals surface area contributed by atoms with E-state index in [0.29, 0.717) is 0 Å². The van der Waals surface area contributed by atoms with E-state index in [2.05, 4.69) is 9.78 Å². The van der Waals surface area contributed by atoms with Gasteiger partial charge in [0, 0.05) is 0 Å². The summed E-state index contributed by atoms with van der Waals surface area (Å²) in [5.41, 5.74) is 0. The first kappa shape index (κ1) is 7.66. The number of carbonyl (C=O) groups excluding carboxylic acids is 2. The molecule has 2 amide bonds. The molecule has 0 aliphatic rings. The molecule has 0 bridgehead atoms. The average molecular weight is 137 g/mol. The number of amides is 2. The van der Waals surface area contributed by atoms with E-state index in [-0.39, 0.29) is 0 Å². The van der Waals surface area contributed by atoms with Crippen LogP contribution in [0.3, 0.4) is 0 Å². The van der Waals surface area contributed by atoms with Crippen molar-refractivity contribution in [2.75, 3.05) is 0 Å². The first-order valence-corrected chi connectivity index (χ1v) is 1.68. The van der Waals surface area contributed by atoms with Crippen LogP contribution in [0.1, 0.15) is 0 Å². The van der Waals surface area contributed by atoms with Gasteiger partial charge in [0.25, 0.3) is 0 Å². The Morgan fingerprint density at radius 3 is 1.67 bits per heavy atom. The van der Waals surface area contributed by atoms with Crippen LogP contribution in [0.25, 0.3) is 0 Å². The molecule has 9 heavy (non-hydrogen) atoms. The topological polar surface area (TPSA) is 105 Å². The van der Waals surface area contributed by atoms with Gasteiger partial charge >= 0.3 is 12.2 Å². The zero-order valence-electron chi connectivity index (χ0n) is 4.03. The summed E-state index contributed by atoms with van der Waals surface area (Å²) in [5.74, 6) is 0. The lowest BCUT2D eigenvalue weighted by molar-refractivity contribution is -0.189. The number of nitrogens with one attached hydrogen (secondary N) is 1. The van der Waals surface area contributed by atoms with Gasteiger partial charge in [-0.2, -0.15) is 10.5 Å². The van der Waals surface area contributed by atoms with E-state index in [1.165, 1.54) is 5.32 Å². The van der Waals surface area contributed by atoms with Crippen molar-refractivity contribution in [3.05, 3.63) is 0 Å². The molecule has 0 unspecified atom stereocenters. The second-order valence-corrected chi connectivity index (χ2v) is 0.882. The average Bonchev–Trinajstić information content (AvgIpc) is 1.87. The molecule has 0 saturated carbocycles.